The number of nitrogens with one attached hydrogen (secondary N) is 1. The molecule has 1 unspecified atom stereocenters. The van der Waals surface area contributed by atoms with Gasteiger partial charge in [0.1, 0.15) is 0 Å². The smallest absolute Gasteiger partial charge is 0.228 e. The summed E-state index contributed by atoms with van der Waals surface area (Å²) in [5.74, 6) is 0.355. The Kier molecular flexibility index (Phi) is 4.96. The van der Waals surface area contributed by atoms with Gasteiger partial charge in [-0.1, -0.05) is 55.5 Å². The van der Waals surface area contributed by atoms with E-state index in [2.05, 4.69) is 36.5 Å². The van der Waals surface area contributed by atoms with Gasteiger partial charge in [-0.15, -0.1) is 0 Å². The van der Waals surface area contributed by atoms with Crippen LogP contribution in [0.15, 0.2) is 60.7 Å². The minimum atomic E-state index is 0.0731. The number of hydrogen-bond acceptors (Lipinski definition) is 2. The zero-order valence-corrected chi connectivity index (χ0v) is 13.6. The zero-order valence-electron chi connectivity index (χ0n) is 13.6. The van der Waals surface area contributed by atoms with Crippen molar-refractivity contribution in [3.8, 4) is 0 Å². The van der Waals surface area contributed by atoms with E-state index in [1.165, 1.54) is 5.56 Å². The summed E-state index contributed by atoms with van der Waals surface area (Å²) in [6, 6.07) is 20.6. The molecule has 0 aromatic heterocycles. The lowest BCUT2D eigenvalue weighted by Crippen LogP contribution is -2.35. The van der Waals surface area contributed by atoms with E-state index in [-0.39, 0.29) is 17.9 Å². The zero-order chi connectivity index (χ0) is 16.1. The van der Waals surface area contributed by atoms with Crippen molar-refractivity contribution in [3.63, 3.8) is 0 Å². The van der Waals surface area contributed by atoms with E-state index in [0.717, 1.165) is 31.6 Å². The van der Waals surface area contributed by atoms with Crippen LogP contribution in [-0.2, 0) is 11.3 Å². The fraction of sp³-hybridized carbons (Fsp3) is 0.350. The summed E-state index contributed by atoms with van der Waals surface area (Å²) in [6.45, 7) is 3.72. The van der Waals surface area contributed by atoms with E-state index in [1.54, 1.807) is 0 Å². The first-order valence-corrected chi connectivity index (χ1v) is 8.42. The second kappa shape index (κ2) is 7.32. The molecule has 2 aromatic rings. The van der Waals surface area contributed by atoms with E-state index in [1.807, 2.05) is 41.3 Å². The first-order chi connectivity index (χ1) is 11.3. The van der Waals surface area contributed by atoms with Gasteiger partial charge in [0.05, 0.1) is 5.92 Å². The highest BCUT2D eigenvalue weighted by Crippen LogP contribution is 2.27. The number of benzene rings is 2. The highest BCUT2D eigenvalue weighted by atomic mass is 16.2. The molecule has 120 valence electrons. The quantitative estimate of drug-likeness (QED) is 0.877. The van der Waals surface area contributed by atoms with E-state index in [9.17, 15) is 4.79 Å². The van der Waals surface area contributed by atoms with Crippen LogP contribution >= 0.6 is 0 Å². The molecule has 1 amide bonds. The van der Waals surface area contributed by atoms with Crippen LogP contribution in [0.4, 0.5) is 5.69 Å². The van der Waals surface area contributed by atoms with E-state index in [4.69, 9.17) is 0 Å². The molecule has 3 rings (SSSR count). The van der Waals surface area contributed by atoms with Crippen LogP contribution in [0.25, 0.3) is 0 Å². The van der Waals surface area contributed by atoms with Crippen LogP contribution in [0.1, 0.15) is 25.3 Å². The molecule has 0 bridgehead atoms. The van der Waals surface area contributed by atoms with Crippen LogP contribution in [0.2, 0.25) is 0 Å². The summed E-state index contributed by atoms with van der Waals surface area (Å²) in [6.07, 6.45) is 1.88. The average Bonchev–Trinajstić information content (AvgIpc) is 2.95. The monoisotopic (exact) mass is 308 g/mol. The molecule has 2 atom stereocenters. The van der Waals surface area contributed by atoms with Gasteiger partial charge >= 0.3 is 0 Å². The number of likely N-dealkylation sites (tertiary alicyclic amines) is 1. The van der Waals surface area contributed by atoms with Crippen molar-refractivity contribution in [1.82, 2.24) is 4.90 Å². The molecule has 0 aliphatic carbocycles. The molecule has 1 fully saturated rings. The maximum absolute atomic E-state index is 12.8. The lowest BCUT2D eigenvalue weighted by Gasteiger charge is -2.24. The highest BCUT2D eigenvalue weighted by molar-refractivity contribution is 5.82. The summed E-state index contributed by atoms with van der Waals surface area (Å²) >= 11 is 0. The molecule has 23 heavy (non-hydrogen) atoms. The Bertz CT molecular complexity index is 627. The van der Waals surface area contributed by atoms with Crippen LogP contribution in [-0.4, -0.2) is 23.4 Å². The van der Waals surface area contributed by atoms with Gasteiger partial charge in [-0.25, -0.2) is 0 Å². The van der Waals surface area contributed by atoms with Gasteiger partial charge in [0.2, 0.25) is 5.91 Å². The maximum Gasteiger partial charge on any atom is 0.228 e. The van der Waals surface area contributed by atoms with Gasteiger partial charge in [0.15, 0.2) is 0 Å². The average molecular weight is 308 g/mol. The fourth-order valence-corrected chi connectivity index (χ4v) is 3.33. The third-order valence-electron chi connectivity index (χ3n) is 4.61. The number of carbonyl (C=O) groups excluding carboxylic acids is 1. The number of para-hydroxylation sites is 1. The lowest BCUT2D eigenvalue weighted by atomic mass is 9.95. The third kappa shape index (κ3) is 3.73. The van der Waals surface area contributed by atoms with Crippen molar-refractivity contribution in [2.45, 2.75) is 32.4 Å². The lowest BCUT2D eigenvalue weighted by molar-refractivity contribution is -0.131. The van der Waals surface area contributed by atoms with Gasteiger partial charge in [0.25, 0.3) is 0 Å². The molecule has 1 heterocycles. The largest absolute Gasteiger partial charge is 0.382 e. The summed E-state index contributed by atoms with van der Waals surface area (Å²) in [4.78, 5) is 14.8. The second-order valence-corrected chi connectivity index (χ2v) is 6.17. The third-order valence-corrected chi connectivity index (χ3v) is 4.61. The van der Waals surface area contributed by atoms with Gasteiger partial charge in [-0.2, -0.15) is 0 Å². The normalized spacial score (nSPS) is 18.9. The predicted molar refractivity (Wildman–Crippen MR) is 94.1 cm³/mol. The topological polar surface area (TPSA) is 32.3 Å². The molecule has 3 heteroatoms. The van der Waals surface area contributed by atoms with E-state index >= 15 is 0 Å². The van der Waals surface area contributed by atoms with E-state index < -0.39 is 0 Å². The first kappa shape index (κ1) is 15.6. The van der Waals surface area contributed by atoms with Crippen molar-refractivity contribution in [3.05, 3.63) is 66.2 Å². The Morgan fingerprint density at radius 1 is 1.09 bits per heavy atom. The Morgan fingerprint density at radius 2 is 1.74 bits per heavy atom. The van der Waals surface area contributed by atoms with Crippen molar-refractivity contribution in [1.29, 1.82) is 0 Å². The molecule has 1 aliphatic rings. The summed E-state index contributed by atoms with van der Waals surface area (Å²) in [5, 5.41) is 3.54. The Labute approximate surface area is 138 Å². The number of rotatable bonds is 6. The van der Waals surface area contributed by atoms with Gasteiger partial charge in [-0.05, 0) is 30.5 Å². The van der Waals surface area contributed by atoms with E-state index in [0.29, 0.717) is 0 Å². The van der Waals surface area contributed by atoms with Crippen LogP contribution < -0.4 is 5.32 Å². The molecular weight excluding hydrogens is 284 g/mol. The number of carbonyl (C=O) groups is 1. The number of anilines is 1. The number of nitrogens with zero attached hydrogens (tertiary/aromatic N) is 1. The number of amides is 1. The highest BCUT2D eigenvalue weighted by Gasteiger charge is 2.36. The van der Waals surface area contributed by atoms with Crippen LogP contribution in [0.3, 0.4) is 0 Å². The molecule has 0 radical (unpaired) electrons. The molecule has 1 saturated heterocycles. The predicted octanol–water partition coefficient (Wildman–Crippen LogP) is 3.93. The summed E-state index contributed by atoms with van der Waals surface area (Å²) in [5.41, 5.74) is 2.29. The maximum atomic E-state index is 12.8. The summed E-state index contributed by atoms with van der Waals surface area (Å²) in [7, 11) is 0. The second-order valence-electron chi connectivity index (χ2n) is 6.17. The molecule has 0 saturated carbocycles. The molecule has 2 aromatic carbocycles. The van der Waals surface area contributed by atoms with Crippen molar-refractivity contribution >= 4 is 11.6 Å². The molecule has 1 aliphatic heterocycles. The van der Waals surface area contributed by atoms with Gasteiger partial charge in [-0.3, -0.25) is 4.79 Å². The Morgan fingerprint density at radius 3 is 2.39 bits per heavy atom. The Balaban J connectivity index is 1.65. The molecule has 0 spiro atoms. The minimum Gasteiger partial charge on any atom is -0.382 e. The summed E-state index contributed by atoms with van der Waals surface area (Å²) < 4.78 is 0. The van der Waals surface area contributed by atoms with Crippen LogP contribution in [0.5, 0.6) is 0 Å². The Hall–Kier alpha value is -2.29. The van der Waals surface area contributed by atoms with Crippen molar-refractivity contribution in [2.24, 2.45) is 5.92 Å². The minimum absolute atomic E-state index is 0.0731. The van der Waals surface area contributed by atoms with Gasteiger partial charge < -0.3 is 10.2 Å². The van der Waals surface area contributed by atoms with Crippen LogP contribution in [0, 0.1) is 5.92 Å². The van der Waals surface area contributed by atoms with Crippen molar-refractivity contribution < 1.29 is 4.79 Å². The fourth-order valence-electron chi connectivity index (χ4n) is 3.33. The van der Waals surface area contributed by atoms with Crippen molar-refractivity contribution in [2.75, 3.05) is 11.9 Å². The van der Waals surface area contributed by atoms with Gasteiger partial charge in [0, 0.05) is 24.8 Å². The molecule has 1 N–H and O–H groups in total. The SMILES string of the molecule is CCC(Nc1ccccc1)[C@H]1CCN(Cc2ccccc2)C1=O. The first-order valence-electron chi connectivity index (χ1n) is 8.42. The number of hydrogen-bond donors (Lipinski definition) is 1. The molecular formula is C20H24N2O. The molecule has 3 nitrogen and oxygen atoms in total. The standard InChI is InChI=1S/C20H24N2O/c1-2-19(21-17-11-7-4-8-12-17)18-13-14-22(20(18)23)15-16-9-5-3-6-10-16/h3-12,18-19,21H,2,13-15H2,1H3/t18-,19?/m1/s1.